The second-order valence-corrected chi connectivity index (χ2v) is 7.46. The van der Waals surface area contributed by atoms with Gasteiger partial charge in [-0.25, -0.2) is 8.42 Å². The summed E-state index contributed by atoms with van der Waals surface area (Å²) < 4.78 is 22.6. The number of benzene rings is 1. The first-order chi connectivity index (χ1) is 9.20. The zero-order chi connectivity index (χ0) is 15.1. The van der Waals surface area contributed by atoms with E-state index >= 15 is 0 Å². The Bertz CT molecular complexity index is 688. The van der Waals surface area contributed by atoms with Gasteiger partial charge in [0, 0.05) is 29.7 Å². The molecular formula is C11H11ClN2O5S. The first kappa shape index (κ1) is 14.7. The number of nitro groups is 1. The van der Waals surface area contributed by atoms with Gasteiger partial charge in [-0.05, 0) is 18.6 Å². The van der Waals surface area contributed by atoms with E-state index in [1.54, 1.807) is 13.0 Å². The lowest BCUT2D eigenvalue weighted by Crippen LogP contribution is -2.27. The Hall–Kier alpha value is -1.67. The second-order valence-electron chi connectivity index (χ2n) is 4.56. The minimum Gasteiger partial charge on any atom is -0.305 e. The molecule has 0 radical (unpaired) electrons. The minimum atomic E-state index is -3.88. The fourth-order valence-corrected chi connectivity index (χ4v) is 3.13. The molecule has 1 amide bonds. The van der Waals surface area contributed by atoms with E-state index in [4.69, 9.17) is 10.7 Å². The highest BCUT2D eigenvalue weighted by atomic mass is 35.7. The van der Waals surface area contributed by atoms with Gasteiger partial charge in [-0.15, -0.1) is 0 Å². The molecule has 1 aliphatic heterocycles. The summed E-state index contributed by atoms with van der Waals surface area (Å²) in [6.07, 6.45) is -0.267. The number of anilines is 1. The lowest BCUT2D eigenvalue weighted by atomic mass is 10.2. The van der Waals surface area contributed by atoms with E-state index in [0.717, 1.165) is 10.5 Å². The van der Waals surface area contributed by atoms with Crippen molar-refractivity contribution in [1.82, 2.24) is 0 Å². The van der Waals surface area contributed by atoms with Gasteiger partial charge in [0.2, 0.25) is 15.0 Å². The predicted octanol–water partition coefficient (Wildman–Crippen LogP) is 1.58. The first-order valence-corrected chi connectivity index (χ1v) is 8.06. The number of amides is 1. The number of halogens is 1. The maximum absolute atomic E-state index is 11.9. The smallest absolute Gasteiger partial charge is 0.292 e. The number of carbonyl (C=O) groups excluding carboxylic acids is 1. The molecule has 1 unspecified atom stereocenters. The molecule has 108 valence electrons. The van der Waals surface area contributed by atoms with E-state index in [-0.39, 0.29) is 24.3 Å². The van der Waals surface area contributed by atoms with Crippen LogP contribution in [-0.4, -0.2) is 31.0 Å². The third-order valence-electron chi connectivity index (χ3n) is 3.11. The zero-order valence-corrected chi connectivity index (χ0v) is 12.0. The largest absolute Gasteiger partial charge is 0.305 e. The molecule has 0 saturated carbocycles. The zero-order valence-electron chi connectivity index (χ0n) is 10.4. The number of aryl methyl sites for hydroxylation is 1. The monoisotopic (exact) mass is 318 g/mol. The van der Waals surface area contributed by atoms with Crippen LogP contribution in [0.15, 0.2) is 18.2 Å². The normalized spacial score (nSPS) is 19.4. The summed E-state index contributed by atoms with van der Waals surface area (Å²) in [4.78, 5) is 23.4. The fourth-order valence-electron chi connectivity index (χ4n) is 2.10. The summed E-state index contributed by atoms with van der Waals surface area (Å²) in [5, 5.41) is 9.95. The summed E-state index contributed by atoms with van der Waals surface area (Å²) in [6, 6.07) is 4.33. The van der Waals surface area contributed by atoms with Crippen LogP contribution in [0, 0.1) is 17.0 Å². The number of nitrogens with zero attached hydrogens (tertiary/aromatic N) is 2. The standard InChI is InChI=1S/C11H11ClN2O5S/c1-7-2-3-9(14(16)17)10(4-7)13-6-8(5-11(13)15)20(12,18)19/h2-4,8H,5-6H2,1H3. The van der Waals surface area contributed by atoms with Crippen LogP contribution >= 0.6 is 10.7 Å². The Labute approximate surface area is 119 Å². The van der Waals surface area contributed by atoms with Gasteiger partial charge in [0.05, 0.1) is 4.92 Å². The van der Waals surface area contributed by atoms with Gasteiger partial charge in [0.15, 0.2) is 0 Å². The molecular weight excluding hydrogens is 308 g/mol. The summed E-state index contributed by atoms with van der Waals surface area (Å²) >= 11 is 0. The van der Waals surface area contributed by atoms with Crippen LogP contribution in [0.4, 0.5) is 11.4 Å². The van der Waals surface area contributed by atoms with Gasteiger partial charge >= 0.3 is 0 Å². The average Bonchev–Trinajstić information content (AvgIpc) is 2.70. The molecule has 0 aliphatic carbocycles. The number of carbonyl (C=O) groups is 1. The number of nitro benzene ring substituents is 1. The highest BCUT2D eigenvalue weighted by Crippen LogP contribution is 2.34. The first-order valence-electron chi connectivity index (χ1n) is 5.69. The molecule has 1 heterocycles. The van der Waals surface area contributed by atoms with E-state index in [1.165, 1.54) is 12.1 Å². The lowest BCUT2D eigenvalue weighted by Gasteiger charge is -2.16. The third kappa shape index (κ3) is 2.75. The van der Waals surface area contributed by atoms with Gasteiger partial charge < -0.3 is 4.90 Å². The van der Waals surface area contributed by atoms with Gasteiger partial charge in [0.1, 0.15) is 10.9 Å². The lowest BCUT2D eigenvalue weighted by molar-refractivity contribution is -0.384. The molecule has 0 aromatic heterocycles. The molecule has 0 N–H and O–H groups in total. The van der Waals surface area contributed by atoms with Gasteiger partial charge in [-0.1, -0.05) is 6.07 Å². The van der Waals surface area contributed by atoms with Crippen molar-refractivity contribution >= 4 is 37.0 Å². The van der Waals surface area contributed by atoms with E-state index in [9.17, 15) is 23.3 Å². The Morgan fingerprint density at radius 2 is 2.10 bits per heavy atom. The summed E-state index contributed by atoms with van der Waals surface area (Å²) in [5.41, 5.74) is 0.593. The molecule has 20 heavy (non-hydrogen) atoms. The highest BCUT2D eigenvalue weighted by Gasteiger charge is 2.40. The number of rotatable bonds is 3. The summed E-state index contributed by atoms with van der Waals surface area (Å²) in [7, 11) is 1.37. The van der Waals surface area contributed by atoms with E-state index < -0.39 is 25.1 Å². The SMILES string of the molecule is Cc1ccc([N+](=O)[O-])c(N2CC(S(=O)(=O)Cl)CC2=O)c1. The molecule has 0 bridgehead atoms. The van der Waals surface area contributed by atoms with Gasteiger partial charge in [0.25, 0.3) is 5.69 Å². The minimum absolute atomic E-state index is 0.0998. The van der Waals surface area contributed by atoms with Crippen LogP contribution in [-0.2, 0) is 13.8 Å². The molecule has 1 fully saturated rings. The topological polar surface area (TPSA) is 97.6 Å². The van der Waals surface area contributed by atoms with Gasteiger partial charge in [-0.2, -0.15) is 0 Å². The van der Waals surface area contributed by atoms with Crippen molar-refractivity contribution in [2.24, 2.45) is 0 Å². The van der Waals surface area contributed by atoms with Gasteiger partial charge in [-0.3, -0.25) is 14.9 Å². The molecule has 2 rings (SSSR count). The third-order valence-corrected chi connectivity index (χ3v) is 4.97. The molecule has 0 spiro atoms. The van der Waals surface area contributed by atoms with Crippen LogP contribution < -0.4 is 4.90 Å². The molecule has 1 aliphatic rings. The van der Waals surface area contributed by atoms with E-state index in [1.807, 2.05) is 0 Å². The second kappa shape index (κ2) is 5.02. The Balaban J connectivity index is 2.45. The van der Waals surface area contributed by atoms with Crippen molar-refractivity contribution in [2.75, 3.05) is 11.4 Å². The number of hydrogen-bond donors (Lipinski definition) is 0. The Morgan fingerprint density at radius 1 is 1.45 bits per heavy atom. The molecule has 1 aromatic rings. The maximum atomic E-state index is 11.9. The van der Waals surface area contributed by atoms with Crippen LogP contribution in [0.3, 0.4) is 0 Å². The van der Waals surface area contributed by atoms with Crippen molar-refractivity contribution < 1.29 is 18.1 Å². The van der Waals surface area contributed by atoms with Crippen molar-refractivity contribution in [1.29, 1.82) is 0 Å². The quantitative estimate of drug-likeness (QED) is 0.478. The van der Waals surface area contributed by atoms with E-state index in [2.05, 4.69) is 0 Å². The molecule has 1 atom stereocenters. The summed E-state index contributed by atoms with van der Waals surface area (Å²) in [5.74, 6) is -0.493. The van der Waals surface area contributed by atoms with Crippen molar-refractivity contribution in [3.63, 3.8) is 0 Å². The summed E-state index contributed by atoms with van der Waals surface area (Å²) in [6.45, 7) is 1.55. The van der Waals surface area contributed by atoms with E-state index in [0.29, 0.717) is 0 Å². The van der Waals surface area contributed by atoms with Crippen LogP contribution in [0.5, 0.6) is 0 Å². The fraction of sp³-hybridized carbons (Fsp3) is 0.364. The van der Waals surface area contributed by atoms with Crippen molar-refractivity contribution in [3.05, 3.63) is 33.9 Å². The highest BCUT2D eigenvalue weighted by molar-refractivity contribution is 8.14. The maximum Gasteiger partial charge on any atom is 0.292 e. The van der Waals surface area contributed by atoms with Crippen LogP contribution in [0.25, 0.3) is 0 Å². The van der Waals surface area contributed by atoms with Crippen molar-refractivity contribution in [2.45, 2.75) is 18.6 Å². The van der Waals surface area contributed by atoms with Crippen molar-refractivity contribution in [3.8, 4) is 0 Å². The Kier molecular flexibility index (Phi) is 3.70. The average molecular weight is 319 g/mol. The van der Waals surface area contributed by atoms with Crippen LogP contribution in [0.1, 0.15) is 12.0 Å². The Morgan fingerprint density at radius 3 is 2.60 bits per heavy atom. The molecule has 7 nitrogen and oxygen atoms in total. The molecule has 1 aromatic carbocycles. The van der Waals surface area contributed by atoms with Crippen LogP contribution in [0.2, 0.25) is 0 Å². The number of hydrogen-bond acceptors (Lipinski definition) is 5. The molecule has 1 saturated heterocycles. The predicted molar refractivity (Wildman–Crippen MR) is 73.4 cm³/mol. The molecule has 9 heteroatoms.